The number of aromatic nitrogens is 2. The van der Waals surface area contributed by atoms with Gasteiger partial charge in [-0.2, -0.15) is 16.7 Å². The number of thioether (sulfide) groups is 1. The molecule has 1 unspecified atom stereocenters. The monoisotopic (exact) mass is 290 g/mol. The van der Waals surface area contributed by atoms with Gasteiger partial charge in [0.2, 0.25) is 11.7 Å². The van der Waals surface area contributed by atoms with Gasteiger partial charge in [-0.25, -0.2) is 0 Å². The average molecular weight is 290 g/mol. The molecule has 6 heteroatoms. The molecule has 0 bridgehead atoms. The summed E-state index contributed by atoms with van der Waals surface area (Å²) in [5, 5.41) is 3.91. The molecule has 0 spiro atoms. The number of benzene rings is 1. The second-order valence-corrected chi connectivity index (χ2v) is 5.60. The third-order valence-electron chi connectivity index (χ3n) is 3.00. The molecule has 0 aliphatic carbocycles. The summed E-state index contributed by atoms with van der Waals surface area (Å²) in [7, 11) is 0. The summed E-state index contributed by atoms with van der Waals surface area (Å²) < 4.78 is 10.7. The summed E-state index contributed by atoms with van der Waals surface area (Å²) in [5.74, 6) is 2.67. The minimum Gasteiger partial charge on any atom is -0.368 e. The van der Waals surface area contributed by atoms with Crippen LogP contribution in [-0.2, 0) is 11.2 Å². The van der Waals surface area contributed by atoms with Crippen molar-refractivity contribution in [2.45, 2.75) is 12.5 Å². The highest BCUT2D eigenvalue weighted by Gasteiger charge is 2.22. The lowest BCUT2D eigenvalue weighted by Crippen LogP contribution is -2.16. The summed E-state index contributed by atoms with van der Waals surface area (Å²) in [6, 6.07) is 9.10. The smallest absolute Gasteiger partial charge is 0.234 e. The van der Waals surface area contributed by atoms with Crippen molar-refractivity contribution in [1.82, 2.24) is 10.1 Å². The van der Waals surface area contributed by atoms with Gasteiger partial charge in [-0.1, -0.05) is 35.5 Å². The van der Waals surface area contributed by atoms with Crippen LogP contribution in [0.3, 0.4) is 0 Å². The van der Waals surface area contributed by atoms with Gasteiger partial charge >= 0.3 is 0 Å². The maximum atomic E-state index is 12.0. The Morgan fingerprint density at radius 1 is 1.35 bits per heavy atom. The second kappa shape index (κ2) is 6.19. The van der Waals surface area contributed by atoms with Crippen LogP contribution in [0.5, 0.6) is 0 Å². The van der Waals surface area contributed by atoms with E-state index in [2.05, 4.69) is 10.1 Å². The van der Waals surface area contributed by atoms with Crippen LogP contribution in [0.1, 0.15) is 28.2 Å². The number of rotatable bonds is 4. The molecule has 2 aromatic rings. The van der Waals surface area contributed by atoms with Crippen molar-refractivity contribution < 1.29 is 14.1 Å². The first-order valence-electron chi connectivity index (χ1n) is 6.43. The van der Waals surface area contributed by atoms with Gasteiger partial charge in [0.25, 0.3) is 0 Å². The van der Waals surface area contributed by atoms with Gasteiger partial charge in [0.05, 0.1) is 13.0 Å². The molecule has 1 fully saturated rings. The van der Waals surface area contributed by atoms with E-state index in [9.17, 15) is 4.79 Å². The topological polar surface area (TPSA) is 65.2 Å². The average Bonchev–Trinajstić information content (AvgIpc) is 2.97. The van der Waals surface area contributed by atoms with Crippen LogP contribution in [-0.4, -0.2) is 34.0 Å². The van der Waals surface area contributed by atoms with Crippen LogP contribution in [0, 0.1) is 0 Å². The molecule has 0 saturated carbocycles. The summed E-state index contributed by atoms with van der Waals surface area (Å²) >= 11 is 1.80. The van der Waals surface area contributed by atoms with Gasteiger partial charge in [-0.15, -0.1) is 0 Å². The van der Waals surface area contributed by atoms with Crippen LogP contribution < -0.4 is 0 Å². The van der Waals surface area contributed by atoms with Crippen LogP contribution in [0.2, 0.25) is 0 Å². The van der Waals surface area contributed by atoms with E-state index in [-0.39, 0.29) is 18.3 Å². The molecule has 0 radical (unpaired) electrons. The quantitative estimate of drug-likeness (QED) is 0.805. The first-order chi connectivity index (χ1) is 9.83. The summed E-state index contributed by atoms with van der Waals surface area (Å²) in [6.07, 6.45) is -0.00488. The third kappa shape index (κ3) is 3.08. The van der Waals surface area contributed by atoms with Crippen molar-refractivity contribution in [3.05, 3.63) is 47.6 Å². The van der Waals surface area contributed by atoms with Crippen LogP contribution >= 0.6 is 11.8 Å². The van der Waals surface area contributed by atoms with Crippen molar-refractivity contribution in [2.24, 2.45) is 0 Å². The van der Waals surface area contributed by atoms with E-state index in [1.165, 1.54) is 0 Å². The van der Waals surface area contributed by atoms with E-state index < -0.39 is 0 Å². The van der Waals surface area contributed by atoms with Gasteiger partial charge in [-0.05, 0) is 0 Å². The molecule has 1 atom stereocenters. The van der Waals surface area contributed by atoms with E-state index in [0.29, 0.717) is 23.9 Å². The Labute approximate surface area is 120 Å². The molecule has 3 rings (SSSR count). The van der Waals surface area contributed by atoms with Gasteiger partial charge in [0, 0.05) is 17.1 Å². The number of carbonyl (C=O) groups excluding carboxylic acids is 1. The SMILES string of the molecule is O=C(Cc1nc(C2CSCCO2)no1)c1ccccc1. The van der Waals surface area contributed by atoms with Gasteiger partial charge in [0.15, 0.2) is 5.78 Å². The number of carbonyl (C=O) groups is 1. The number of ketones is 1. The van der Waals surface area contributed by atoms with Crippen molar-refractivity contribution in [3.63, 3.8) is 0 Å². The van der Waals surface area contributed by atoms with Crippen LogP contribution in [0.15, 0.2) is 34.9 Å². The highest BCUT2D eigenvalue weighted by atomic mass is 32.2. The van der Waals surface area contributed by atoms with Gasteiger partial charge in [-0.3, -0.25) is 4.79 Å². The summed E-state index contributed by atoms with van der Waals surface area (Å²) in [6.45, 7) is 0.697. The number of ether oxygens (including phenoxy) is 1. The molecule has 1 aliphatic heterocycles. The Morgan fingerprint density at radius 3 is 2.95 bits per heavy atom. The Morgan fingerprint density at radius 2 is 2.20 bits per heavy atom. The summed E-state index contributed by atoms with van der Waals surface area (Å²) in [4.78, 5) is 16.3. The van der Waals surface area contributed by atoms with Crippen molar-refractivity contribution in [3.8, 4) is 0 Å². The lowest BCUT2D eigenvalue weighted by atomic mass is 10.1. The standard InChI is InChI=1S/C14H14N2O3S/c17-11(10-4-2-1-3-5-10)8-13-15-14(16-19-13)12-9-20-7-6-18-12/h1-5,12H,6-9H2. The number of Topliss-reactive ketones (excluding diaryl/α,β-unsaturated/α-hetero) is 1. The zero-order chi connectivity index (χ0) is 13.8. The first kappa shape index (κ1) is 13.3. The fraction of sp³-hybridized carbons (Fsp3) is 0.357. The lowest BCUT2D eigenvalue weighted by Gasteiger charge is -2.18. The number of nitrogens with zero attached hydrogens (tertiary/aromatic N) is 2. The van der Waals surface area contributed by atoms with Crippen LogP contribution in [0.4, 0.5) is 0 Å². The van der Waals surface area contributed by atoms with E-state index in [1.54, 1.807) is 23.9 Å². The third-order valence-corrected chi connectivity index (χ3v) is 3.99. The number of hydrogen-bond donors (Lipinski definition) is 0. The van der Waals surface area contributed by atoms with Crippen molar-refractivity contribution in [1.29, 1.82) is 0 Å². The zero-order valence-electron chi connectivity index (χ0n) is 10.8. The zero-order valence-corrected chi connectivity index (χ0v) is 11.6. The summed E-state index contributed by atoms with van der Waals surface area (Å²) in [5.41, 5.74) is 0.650. The maximum absolute atomic E-state index is 12.0. The predicted molar refractivity (Wildman–Crippen MR) is 74.8 cm³/mol. The first-order valence-corrected chi connectivity index (χ1v) is 7.58. The molecule has 0 N–H and O–H groups in total. The molecule has 104 valence electrons. The molecule has 2 heterocycles. The minimum atomic E-state index is -0.127. The molecule has 5 nitrogen and oxygen atoms in total. The lowest BCUT2D eigenvalue weighted by molar-refractivity contribution is 0.0677. The Balaban J connectivity index is 1.66. The minimum absolute atomic E-state index is 0.0280. The molecule has 1 saturated heterocycles. The predicted octanol–water partition coefficient (Wildman–Crippen LogP) is 2.30. The largest absolute Gasteiger partial charge is 0.368 e. The molecule has 1 aromatic carbocycles. The van der Waals surface area contributed by atoms with Crippen molar-refractivity contribution >= 4 is 17.5 Å². The van der Waals surface area contributed by atoms with Gasteiger partial charge in [0.1, 0.15) is 6.10 Å². The van der Waals surface area contributed by atoms with E-state index in [1.807, 2.05) is 18.2 Å². The van der Waals surface area contributed by atoms with Gasteiger partial charge < -0.3 is 9.26 Å². The molecular formula is C14H14N2O3S. The normalized spacial score (nSPS) is 18.9. The molecular weight excluding hydrogens is 276 g/mol. The van der Waals surface area contributed by atoms with E-state index in [0.717, 1.165) is 11.5 Å². The molecule has 1 aliphatic rings. The fourth-order valence-electron chi connectivity index (χ4n) is 1.97. The highest BCUT2D eigenvalue weighted by Crippen LogP contribution is 2.24. The Hall–Kier alpha value is -1.66. The van der Waals surface area contributed by atoms with Crippen LogP contribution in [0.25, 0.3) is 0 Å². The van der Waals surface area contributed by atoms with Crippen molar-refractivity contribution in [2.75, 3.05) is 18.1 Å². The fourth-order valence-corrected chi connectivity index (χ4v) is 2.81. The molecule has 20 heavy (non-hydrogen) atoms. The molecule has 1 aromatic heterocycles. The maximum Gasteiger partial charge on any atom is 0.234 e. The molecule has 0 amide bonds. The van der Waals surface area contributed by atoms with E-state index in [4.69, 9.17) is 9.26 Å². The number of hydrogen-bond acceptors (Lipinski definition) is 6. The Bertz CT molecular complexity index is 579. The van der Waals surface area contributed by atoms with E-state index >= 15 is 0 Å². The highest BCUT2D eigenvalue weighted by molar-refractivity contribution is 7.99. The Kier molecular flexibility index (Phi) is 4.13. The second-order valence-electron chi connectivity index (χ2n) is 4.45.